The van der Waals surface area contributed by atoms with Crippen molar-refractivity contribution >= 4 is 22.8 Å². The Kier molecular flexibility index (Phi) is 3.77. The van der Waals surface area contributed by atoms with Crippen molar-refractivity contribution in [2.45, 2.75) is 20.4 Å². The SMILES string of the molecule is Cc1ccc(CN(C)c2nc(C)c(C=O)s2)cc1. The van der Waals surface area contributed by atoms with Crippen molar-refractivity contribution < 1.29 is 4.79 Å². The molecule has 94 valence electrons. The number of benzene rings is 1. The van der Waals surface area contributed by atoms with Gasteiger partial charge in [0.2, 0.25) is 0 Å². The molecule has 2 aromatic rings. The zero-order valence-corrected chi connectivity index (χ0v) is 11.6. The van der Waals surface area contributed by atoms with Gasteiger partial charge in [0.25, 0.3) is 0 Å². The number of nitrogens with zero attached hydrogens (tertiary/aromatic N) is 2. The molecule has 0 aliphatic carbocycles. The summed E-state index contributed by atoms with van der Waals surface area (Å²) in [6.07, 6.45) is 0.871. The number of carbonyl (C=O) groups excluding carboxylic acids is 1. The van der Waals surface area contributed by atoms with Gasteiger partial charge in [-0.25, -0.2) is 4.98 Å². The Morgan fingerprint density at radius 2 is 1.94 bits per heavy atom. The minimum atomic E-state index is 0.709. The summed E-state index contributed by atoms with van der Waals surface area (Å²) >= 11 is 1.44. The van der Waals surface area contributed by atoms with E-state index in [0.29, 0.717) is 4.88 Å². The Balaban J connectivity index is 2.13. The zero-order chi connectivity index (χ0) is 13.1. The summed E-state index contributed by atoms with van der Waals surface area (Å²) in [4.78, 5) is 18.0. The van der Waals surface area contributed by atoms with E-state index in [2.05, 4.69) is 41.1 Å². The van der Waals surface area contributed by atoms with Gasteiger partial charge in [-0.05, 0) is 19.4 Å². The number of hydrogen-bond donors (Lipinski definition) is 0. The Bertz CT molecular complexity index is 545. The summed E-state index contributed by atoms with van der Waals surface area (Å²) in [5.41, 5.74) is 3.30. The largest absolute Gasteiger partial charge is 0.347 e. The highest BCUT2D eigenvalue weighted by molar-refractivity contribution is 7.17. The minimum Gasteiger partial charge on any atom is -0.347 e. The van der Waals surface area contributed by atoms with Crippen molar-refractivity contribution in [1.29, 1.82) is 0 Å². The summed E-state index contributed by atoms with van der Waals surface area (Å²) in [5.74, 6) is 0. The summed E-state index contributed by atoms with van der Waals surface area (Å²) < 4.78 is 0. The van der Waals surface area contributed by atoms with E-state index in [9.17, 15) is 4.79 Å². The van der Waals surface area contributed by atoms with Crippen molar-refractivity contribution in [3.63, 3.8) is 0 Å². The Hall–Kier alpha value is -1.68. The van der Waals surface area contributed by atoms with Gasteiger partial charge in [0.05, 0.1) is 10.6 Å². The lowest BCUT2D eigenvalue weighted by Gasteiger charge is -2.15. The van der Waals surface area contributed by atoms with E-state index >= 15 is 0 Å². The molecule has 0 atom stereocenters. The summed E-state index contributed by atoms with van der Waals surface area (Å²) in [6, 6.07) is 8.44. The quantitative estimate of drug-likeness (QED) is 0.791. The minimum absolute atomic E-state index is 0.709. The molecule has 1 heterocycles. The van der Waals surface area contributed by atoms with E-state index in [1.54, 1.807) is 0 Å². The molecule has 0 radical (unpaired) electrons. The van der Waals surface area contributed by atoms with Crippen LogP contribution in [0.5, 0.6) is 0 Å². The first-order chi connectivity index (χ1) is 8.60. The highest BCUT2D eigenvalue weighted by atomic mass is 32.1. The molecule has 0 aliphatic rings. The second-order valence-electron chi connectivity index (χ2n) is 4.41. The fourth-order valence-electron chi connectivity index (χ4n) is 1.70. The maximum absolute atomic E-state index is 10.8. The van der Waals surface area contributed by atoms with E-state index in [1.807, 2.05) is 14.0 Å². The Labute approximate surface area is 111 Å². The lowest BCUT2D eigenvalue weighted by molar-refractivity contribution is 0.112. The molecular formula is C14H16N2OS. The summed E-state index contributed by atoms with van der Waals surface area (Å²) in [5, 5.41) is 0.884. The molecule has 18 heavy (non-hydrogen) atoms. The molecule has 0 fully saturated rings. The van der Waals surface area contributed by atoms with Crippen LogP contribution in [0.3, 0.4) is 0 Å². The highest BCUT2D eigenvalue weighted by Gasteiger charge is 2.10. The number of rotatable bonds is 4. The molecule has 3 nitrogen and oxygen atoms in total. The monoisotopic (exact) mass is 260 g/mol. The number of anilines is 1. The van der Waals surface area contributed by atoms with Crippen LogP contribution in [0.15, 0.2) is 24.3 Å². The first-order valence-electron chi connectivity index (χ1n) is 5.79. The van der Waals surface area contributed by atoms with Gasteiger partial charge in [0.15, 0.2) is 11.4 Å². The van der Waals surface area contributed by atoms with Crippen molar-refractivity contribution in [3.8, 4) is 0 Å². The van der Waals surface area contributed by atoms with Crippen LogP contribution in [0.2, 0.25) is 0 Å². The van der Waals surface area contributed by atoms with E-state index in [-0.39, 0.29) is 0 Å². The van der Waals surface area contributed by atoms with Gasteiger partial charge in [-0.15, -0.1) is 0 Å². The number of aldehydes is 1. The fourth-order valence-corrected chi connectivity index (χ4v) is 2.54. The first-order valence-corrected chi connectivity index (χ1v) is 6.61. The molecule has 0 amide bonds. The summed E-state index contributed by atoms with van der Waals surface area (Å²) in [6.45, 7) is 4.74. The summed E-state index contributed by atoms with van der Waals surface area (Å²) in [7, 11) is 1.99. The molecule has 2 rings (SSSR count). The maximum atomic E-state index is 10.8. The van der Waals surface area contributed by atoms with Crippen LogP contribution in [0.1, 0.15) is 26.5 Å². The van der Waals surface area contributed by atoms with Crippen molar-refractivity contribution in [1.82, 2.24) is 4.98 Å². The van der Waals surface area contributed by atoms with E-state index in [1.165, 1.54) is 22.5 Å². The van der Waals surface area contributed by atoms with Crippen LogP contribution >= 0.6 is 11.3 Å². The van der Waals surface area contributed by atoms with E-state index in [4.69, 9.17) is 0 Å². The van der Waals surface area contributed by atoms with Gasteiger partial charge in [-0.1, -0.05) is 41.2 Å². The van der Waals surface area contributed by atoms with Gasteiger partial charge in [-0.3, -0.25) is 4.79 Å². The average molecular weight is 260 g/mol. The highest BCUT2D eigenvalue weighted by Crippen LogP contribution is 2.24. The molecule has 0 spiro atoms. The number of carbonyl (C=O) groups is 1. The van der Waals surface area contributed by atoms with Crippen LogP contribution in [0.25, 0.3) is 0 Å². The standard InChI is InChI=1S/C14H16N2OS/c1-10-4-6-12(7-5-10)8-16(3)14-15-11(2)13(9-17)18-14/h4-7,9H,8H2,1-3H3. The number of aryl methyl sites for hydroxylation is 2. The predicted molar refractivity (Wildman–Crippen MR) is 75.5 cm³/mol. The molecule has 0 unspecified atom stereocenters. The molecule has 1 aromatic heterocycles. The van der Waals surface area contributed by atoms with E-state index in [0.717, 1.165) is 23.7 Å². The molecule has 0 aliphatic heterocycles. The molecule has 0 bridgehead atoms. The van der Waals surface area contributed by atoms with Gasteiger partial charge < -0.3 is 4.90 Å². The van der Waals surface area contributed by atoms with Crippen LogP contribution in [0.4, 0.5) is 5.13 Å². The Morgan fingerprint density at radius 1 is 1.28 bits per heavy atom. The van der Waals surface area contributed by atoms with Crippen LogP contribution in [0, 0.1) is 13.8 Å². The van der Waals surface area contributed by atoms with Crippen LogP contribution < -0.4 is 4.90 Å². The van der Waals surface area contributed by atoms with Crippen LogP contribution in [-0.4, -0.2) is 18.3 Å². The number of aromatic nitrogens is 1. The molecule has 1 aromatic carbocycles. The lowest BCUT2D eigenvalue weighted by atomic mass is 10.1. The topological polar surface area (TPSA) is 33.2 Å². The zero-order valence-electron chi connectivity index (χ0n) is 10.8. The van der Waals surface area contributed by atoms with Gasteiger partial charge in [-0.2, -0.15) is 0 Å². The fraction of sp³-hybridized carbons (Fsp3) is 0.286. The van der Waals surface area contributed by atoms with Crippen LogP contribution in [-0.2, 0) is 6.54 Å². The number of thiazole rings is 1. The third-order valence-corrected chi connectivity index (χ3v) is 3.99. The molecular weight excluding hydrogens is 244 g/mol. The second kappa shape index (κ2) is 5.31. The molecule has 0 saturated carbocycles. The van der Waals surface area contributed by atoms with Gasteiger partial charge >= 0.3 is 0 Å². The number of hydrogen-bond acceptors (Lipinski definition) is 4. The third-order valence-electron chi connectivity index (χ3n) is 2.80. The maximum Gasteiger partial charge on any atom is 0.186 e. The van der Waals surface area contributed by atoms with Gasteiger partial charge in [0, 0.05) is 13.6 Å². The molecule has 0 N–H and O–H groups in total. The first kappa shape index (κ1) is 12.8. The van der Waals surface area contributed by atoms with Gasteiger partial charge in [0.1, 0.15) is 0 Å². The normalized spacial score (nSPS) is 10.4. The lowest BCUT2D eigenvalue weighted by Crippen LogP contribution is -2.15. The molecule has 4 heteroatoms. The second-order valence-corrected chi connectivity index (χ2v) is 5.41. The van der Waals surface area contributed by atoms with E-state index < -0.39 is 0 Å². The van der Waals surface area contributed by atoms with Crippen molar-refractivity contribution in [2.24, 2.45) is 0 Å². The van der Waals surface area contributed by atoms with Crippen molar-refractivity contribution in [2.75, 3.05) is 11.9 Å². The Morgan fingerprint density at radius 3 is 2.50 bits per heavy atom. The molecule has 0 saturated heterocycles. The predicted octanol–water partition coefficient (Wildman–Crippen LogP) is 3.21. The van der Waals surface area contributed by atoms with Crippen molar-refractivity contribution in [3.05, 3.63) is 46.0 Å². The third kappa shape index (κ3) is 2.76. The smallest absolute Gasteiger partial charge is 0.186 e. The average Bonchev–Trinajstić information content (AvgIpc) is 2.73.